The van der Waals surface area contributed by atoms with Crippen molar-refractivity contribution in [2.75, 3.05) is 37.7 Å². The molecule has 1 aromatic heterocycles. The number of hydrogen-bond donors (Lipinski definition) is 2. The number of quaternary nitrogens is 1. The first-order valence-electron chi connectivity index (χ1n) is 11.0. The van der Waals surface area contributed by atoms with Crippen LogP contribution in [0.1, 0.15) is 31.7 Å². The van der Waals surface area contributed by atoms with Gasteiger partial charge in [0.1, 0.15) is 11.4 Å². The Kier molecular flexibility index (Phi) is 6.18. The highest BCUT2D eigenvalue weighted by Gasteiger charge is 2.53. The van der Waals surface area contributed by atoms with Crippen molar-refractivity contribution < 1.29 is 23.9 Å². The summed E-state index contributed by atoms with van der Waals surface area (Å²) < 4.78 is 13.5. The number of rotatable bonds is 7. The molecule has 3 heterocycles. The fourth-order valence-electron chi connectivity index (χ4n) is 4.51. The number of halogens is 1. The summed E-state index contributed by atoms with van der Waals surface area (Å²) in [4.78, 5) is 34.3. The second kappa shape index (κ2) is 9.01. The van der Waals surface area contributed by atoms with Crippen LogP contribution in [-0.4, -0.2) is 49.7 Å². The van der Waals surface area contributed by atoms with Crippen LogP contribution in [-0.2, 0) is 10.3 Å². The van der Waals surface area contributed by atoms with Crippen molar-refractivity contribution in [2.45, 2.75) is 31.7 Å². The van der Waals surface area contributed by atoms with E-state index < -0.39 is 5.54 Å². The second-order valence-corrected chi connectivity index (χ2v) is 8.33. The molecule has 3 N–H and O–H groups in total. The third-order valence-electron chi connectivity index (χ3n) is 6.34. The molecule has 2 saturated heterocycles. The predicted molar refractivity (Wildman–Crippen MR) is 114 cm³/mol. The minimum Gasteiger partial charge on any atom is -0.360 e. The van der Waals surface area contributed by atoms with Crippen molar-refractivity contribution in [3.8, 4) is 0 Å². The van der Waals surface area contributed by atoms with E-state index in [1.54, 1.807) is 12.1 Å². The molecule has 2 aliphatic rings. The highest BCUT2D eigenvalue weighted by atomic mass is 19.1. The molecule has 1 atom stereocenters. The van der Waals surface area contributed by atoms with Crippen LogP contribution in [0, 0.1) is 5.82 Å². The normalized spacial score (nSPS) is 22.1. The highest BCUT2D eigenvalue weighted by molar-refractivity contribution is 6.07. The number of amides is 3. The first-order valence-corrected chi connectivity index (χ1v) is 11.0. The van der Waals surface area contributed by atoms with Gasteiger partial charge in [-0.3, -0.25) is 4.79 Å². The van der Waals surface area contributed by atoms with Gasteiger partial charge in [-0.15, -0.1) is 0 Å². The zero-order valence-corrected chi connectivity index (χ0v) is 17.9. The number of carbonyl (C=O) groups excluding carboxylic acids is 2. The molecule has 0 aliphatic carbocycles. The molecular formula is C23H30FN5O2+2. The fraction of sp³-hybridized carbons (Fsp3) is 0.435. The molecule has 2 aliphatic heterocycles. The quantitative estimate of drug-likeness (QED) is 0.646. The summed E-state index contributed by atoms with van der Waals surface area (Å²) in [6.07, 6.45) is 6.01. The van der Waals surface area contributed by atoms with Crippen LogP contribution >= 0.6 is 0 Å². The van der Waals surface area contributed by atoms with Crippen molar-refractivity contribution >= 4 is 17.6 Å². The van der Waals surface area contributed by atoms with Crippen molar-refractivity contribution in [1.29, 1.82) is 0 Å². The zero-order valence-electron chi connectivity index (χ0n) is 17.9. The average molecular weight is 428 g/mol. The molecule has 31 heavy (non-hydrogen) atoms. The van der Waals surface area contributed by atoms with Crippen molar-refractivity contribution in [3.05, 3.63) is 60.2 Å². The average Bonchev–Trinajstić information content (AvgIpc) is 3.04. The summed E-state index contributed by atoms with van der Waals surface area (Å²) in [6, 6.07) is 9.64. The number of benzene rings is 1. The molecule has 0 bridgehead atoms. The third-order valence-corrected chi connectivity index (χ3v) is 6.34. The Morgan fingerprint density at radius 3 is 2.42 bits per heavy atom. The Hall–Kier alpha value is -3.00. The van der Waals surface area contributed by atoms with E-state index in [2.05, 4.69) is 15.2 Å². The number of piperazine rings is 1. The Morgan fingerprint density at radius 1 is 1.10 bits per heavy atom. The minimum absolute atomic E-state index is 0.230. The van der Waals surface area contributed by atoms with Gasteiger partial charge in [0, 0.05) is 17.8 Å². The van der Waals surface area contributed by atoms with Crippen molar-refractivity contribution in [2.24, 2.45) is 0 Å². The molecule has 2 aromatic rings. The number of carbonyl (C=O) groups is 2. The standard InChI is InChI=1S/C23H28FN5O2/c1-2-3-10-23(18-4-6-19(24)7-5-18)21(30)29(22(31)26-23)17-27-13-15-28(16-14-27)20-8-11-25-12-9-20/h4-9,11-12H,2-3,10,13-17H2,1H3,(H,26,31)/p+2/t23-/m1/s1. The molecule has 0 unspecified atom stereocenters. The minimum atomic E-state index is -1.11. The molecule has 8 heteroatoms. The number of H-pyrrole nitrogens is 1. The van der Waals surface area contributed by atoms with E-state index in [4.69, 9.17) is 0 Å². The maximum absolute atomic E-state index is 13.5. The number of aromatic nitrogens is 1. The number of unbranched alkanes of at least 4 members (excludes halogenated alkanes) is 1. The summed E-state index contributed by atoms with van der Waals surface area (Å²) in [6.45, 7) is 5.80. The molecule has 3 amide bonds. The van der Waals surface area contributed by atoms with E-state index in [-0.39, 0.29) is 17.8 Å². The van der Waals surface area contributed by atoms with E-state index in [0.717, 1.165) is 39.0 Å². The second-order valence-electron chi connectivity index (χ2n) is 8.33. The van der Waals surface area contributed by atoms with Gasteiger partial charge in [-0.2, -0.15) is 0 Å². The van der Waals surface area contributed by atoms with Gasteiger partial charge in [-0.25, -0.2) is 19.1 Å². The van der Waals surface area contributed by atoms with Gasteiger partial charge in [-0.1, -0.05) is 31.9 Å². The Morgan fingerprint density at radius 2 is 1.77 bits per heavy atom. The lowest BCUT2D eigenvalue weighted by atomic mass is 9.85. The summed E-state index contributed by atoms with van der Waals surface area (Å²) in [7, 11) is 0. The third kappa shape index (κ3) is 4.25. The predicted octanol–water partition coefficient (Wildman–Crippen LogP) is 0.940. The first kappa shape index (κ1) is 21.2. The topological polar surface area (TPSA) is 71.2 Å². The lowest BCUT2D eigenvalue weighted by molar-refractivity contribution is -0.907. The van der Waals surface area contributed by atoms with Crippen LogP contribution in [0.3, 0.4) is 0 Å². The number of urea groups is 1. The van der Waals surface area contributed by atoms with Crippen LogP contribution < -0.4 is 20.1 Å². The van der Waals surface area contributed by atoms with Crippen LogP contribution in [0.2, 0.25) is 0 Å². The number of aromatic amines is 1. The molecule has 0 radical (unpaired) electrons. The number of nitrogens with zero attached hydrogens (tertiary/aromatic N) is 2. The van der Waals surface area contributed by atoms with E-state index in [1.807, 2.05) is 31.5 Å². The maximum Gasteiger partial charge on any atom is 0.329 e. The lowest BCUT2D eigenvalue weighted by Crippen LogP contribution is -3.16. The van der Waals surface area contributed by atoms with Crippen LogP contribution in [0.15, 0.2) is 48.8 Å². The summed E-state index contributed by atoms with van der Waals surface area (Å²) >= 11 is 0. The van der Waals surface area contributed by atoms with Crippen molar-refractivity contribution in [1.82, 2.24) is 10.2 Å². The highest BCUT2D eigenvalue weighted by Crippen LogP contribution is 2.34. The van der Waals surface area contributed by atoms with Gasteiger partial charge in [0.2, 0.25) is 0 Å². The van der Waals surface area contributed by atoms with E-state index in [0.29, 0.717) is 18.7 Å². The van der Waals surface area contributed by atoms with E-state index in [9.17, 15) is 14.0 Å². The SMILES string of the molecule is CCCC[C@]1(c2ccc(F)cc2)NC(=O)N(C[NH+]2CCN(c3cc[nH+]cc3)CC2)C1=O. The zero-order chi connectivity index (χ0) is 21.8. The number of pyridine rings is 1. The molecule has 0 saturated carbocycles. The molecular weight excluding hydrogens is 397 g/mol. The number of nitrogens with one attached hydrogen (secondary N) is 3. The summed E-state index contributed by atoms with van der Waals surface area (Å²) in [5.74, 6) is -0.590. The monoisotopic (exact) mass is 427 g/mol. The van der Waals surface area contributed by atoms with Crippen LogP contribution in [0.25, 0.3) is 0 Å². The van der Waals surface area contributed by atoms with Gasteiger partial charge in [-0.05, 0) is 24.1 Å². The van der Waals surface area contributed by atoms with Gasteiger partial charge in [0.25, 0.3) is 5.91 Å². The molecule has 164 valence electrons. The van der Waals surface area contributed by atoms with Crippen molar-refractivity contribution in [3.63, 3.8) is 0 Å². The van der Waals surface area contributed by atoms with Gasteiger partial charge in [0.05, 0.1) is 26.2 Å². The number of imide groups is 1. The first-order chi connectivity index (χ1) is 15.0. The van der Waals surface area contributed by atoms with E-state index >= 15 is 0 Å². The summed E-state index contributed by atoms with van der Waals surface area (Å²) in [5, 5.41) is 2.95. The molecule has 7 nitrogen and oxygen atoms in total. The van der Waals surface area contributed by atoms with Gasteiger partial charge >= 0.3 is 6.03 Å². The number of anilines is 1. The lowest BCUT2D eigenvalue weighted by Gasteiger charge is -2.34. The van der Waals surface area contributed by atoms with Crippen LogP contribution in [0.4, 0.5) is 14.9 Å². The summed E-state index contributed by atoms with van der Waals surface area (Å²) in [5.41, 5.74) is 0.703. The Labute approximate surface area is 181 Å². The van der Waals surface area contributed by atoms with Gasteiger partial charge < -0.3 is 15.1 Å². The fourth-order valence-corrected chi connectivity index (χ4v) is 4.51. The molecule has 0 spiro atoms. The van der Waals surface area contributed by atoms with Crippen LogP contribution in [0.5, 0.6) is 0 Å². The smallest absolute Gasteiger partial charge is 0.329 e. The molecule has 1 aromatic carbocycles. The van der Waals surface area contributed by atoms with E-state index in [1.165, 1.54) is 27.6 Å². The molecule has 4 rings (SSSR count). The largest absolute Gasteiger partial charge is 0.360 e. The number of hydrogen-bond acceptors (Lipinski definition) is 3. The molecule has 2 fully saturated rings. The van der Waals surface area contributed by atoms with Gasteiger partial charge in [0.15, 0.2) is 19.1 Å². The Balaban J connectivity index is 1.46. The Bertz CT molecular complexity index is 915. The maximum atomic E-state index is 13.5.